The van der Waals surface area contributed by atoms with Crippen molar-refractivity contribution in [2.75, 3.05) is 31.5 Å². The van der Waals surface area contributed by atoms with E-state index in [2.05, 4.69) is 29.4 Å². The number of fused-ring (bicyclic) bond motifs is 1. The van der Waals surface area contributed by atoms with Crippen molar-refractivity contribution in [3.05, 3.63) is 64.1 Å². The first kappa shape index (κ1) is 21.1. The lowest BCUT2D eigenvalue weighted by Crippen LogP contribution is -2.34. The number of nitrogens with zero attached hydrogens (tertiary/aromatic N) is 1. The Hall–Kier alpha value is -2.57. The minimum Gasteiger partial charge on any atom is -0.351 e. The summed E-state index contributed by atoms with van der Waals surface area (Å²) in [5.41, 5.74) is 3.38. The molecule has 1 heterocycles. The van der Waals surface area contributed by atoms with Crippen LogP contribution in [0.5, 0.6) is 0 Å². The monoisotopic (exact) mass is 409 g/mol. The Morgan fingerprint density at radius 2 is 1.97 bits per heavy atom. The van der Waals surface area contributed by atoms with Gasteiger partial charge in [-0.3, -0.25) is 9.59 Å². The van der Waals surface area contributed by atoms with Crippen LogP contribution < -0.4 is 10.6 Å². The predicted molar refractivity (Wildman–Crippen MR) is 120 cm³/mol. The molecule has 0 aromatic heterocycles. The number of anilines is 1. The molecule has 5 nitrogen and oxygen atoms in total. The Labute approximate surface area is 176 Å². The fraction of sp³-hybridized carbons (Fsp3) is 0.304. The second-order valence-corrected chi connectivity index (χ2v) is 8.06. The van der Waals surface area contributed by atoms with E-state index in [0.29, 0.717) is 22.7 Å². The number of carbonyl (C=O) groups is 2. The average molecular weight is 410 g/mol. The number of likely N-dealkylation sites (N-methyl/N-ethyl adjacent to an activating group) is 1. The molecule has 1 aliphatic rings. The molecule has 1 aliphatic heterocycles. The molecule has 0 unspecified atom stereocenters. The Bertz CT molecular complexity index is 935. The van der Waals surface area contributed by atoms with Crippen molar-refractivity contribution in [3.8, 4) is 0 Å². The van der Waals surface area contributed by atoms with Gasteiger partial charge in [0.05, 0.1) is 10.6 Å². The molecular formula is C23H27N3O2S. The number of carbonyl (C=O) groups excluding carboxylic acids is 2. The maximum absolute atomic E-state index is 12.5. The number of hydrogen-bond donors (Lipinski definition) is 2. The molecule has 0 saturated heterocycles. The first-order valence-electron chi connectivity index (χ1n) is 9.92. The molecule has 6 heteroatoms. The summed E-state index contributed by atoms with van der Waals surface area (Å²) in [6.07, 6.45) is 1.89. The third kappa shape index (κ3) is 5.49. The standard InChI is InChI=1S/C23H27N3O2S/c1-4-26(5-2)12-11-24-22(27)18-9-10-20-19(15-18)25-23(28)21(29-20)14-17-8-6-7-16(3)13-17/h6-10,13-15H,4-5,11-12H2,1-3H3,(H,24,27)(H,25,28)/b21-14+. The third-order valence-electron chi connectivity index (χ3n) is 4.88. The largest absolute Gasteiger partial charge is 0.351 e. The molecule has 29 heavy (non-hydrogen) atoms. The lowest BCUT2D eigenvalue weighted by molar-refractivity contribution is -0.112. The Balaban J connectivity index is 1.69. The summed E-state index contributed by atoms with van der Waals surface area (Å²) in [5, 5.41) is 5.87. The summed E-state index contributed by atoms with van der Waals surface area (Å²) in [6, 6.07) is 13.5. The van der Waals surface area contributed by atoms with Gasteiger partial charge in [0.15, 0.2) is 0 Å². The van der Waals surface area contributed by atoms with Crippen LogP contribution in [0.25, 0.3) is 6.08 Å². The van der Waals surface area contributed by atoms with Crippen molar-refractivity contribution >= 4 is 35.3 Å². The second kappa shape index (κ2) is 9.76. The highest BCUT2D eigenvalue weighted by molar-refractivity contribution is 8.04. The molecule has 3 rings (SSSR count). The van der Waals surface area contributed by atoms with Crippen molar-refractivity contribution in [2.24, 2.45) is 0 Å². The number of benzene rings is 2. The molecule has 0 bridgehead atoms. The maximum atomic E-state index is 12.5. The van der Waals surface area contributed by atoms with E-state index in [1.807, 2.05) is 43.3 Å². The Kier molecular flexibility index (Phi) is 7.12. The van der Waals surface area contributed by atoms with Crippen LogP contribution in [0.2, 0.25) is 0 Å². The van der Waals surface area contributed by atoms with Crippen molar-refractivity contribution in [1.29, 1.82) is 0 Å². The highest BCUT2D eigenvalue weighted by Gasteiger charge is 2.22. The zero-order valence-corrected chi connectivity index (χ0v) is 17.9. The number of rotatable bonds is 7. The molecule has 0 spiro atoms. The van der Waals surface area contributed by atoms with Crippen molar-refractivity contribution < 1.29 is 9.59 Å². The molecule has 2 N–H and O–H groups in total. The quantitative estimate of drug-likeness (QED) is 0.675. The third-order valence-corrected chi connectivity index (χ3v) is 5.98. The van der Waals surface area contributed by atoms with Gasteiger partial charge in [-0.1, -0.05) is 55.4 Å². The summed E-state index contributed by atoms with van der Waals surface area (Å²) in [4.78, 5) is 28.8. The van der Waals surface area contributed by atoms with Crippen LogP contribution in [0, 0.1) is 6.92 Å². The molecule has 0 atom stereocenters. The van der Waals surface area contributed by atoms with Gasteiger partial charge in [0, 0.05) is 23.5 Å². The van der Waals surface area contributed by atoms with Crippen molar-refractivity contribution in [3.63, 3.8) is 0 Å². The number of hydrogen-bond acceptors (Lipinski definition) is 4. The maximum Gasteiger partial charge on any atom is 0.262 e. The van der Waals surface area contributed by atoms with Crippen LogP contribution in [0.15, 0.2) is 52.3 Å². The van der Waals surface area contributed by atoms with E-state index < -0.39 is 0 Å². The fourth-order valence-electron chi connectivity index (χ4n) is 3.18. The van der Waals surface area contributed by atoms with Gasteiger partial charge in [-0.2, -0.15) is 0 Å². The van der Waals surface area contributed by atoms with Gasteiger partial charge in [-0.05, 0) is 49.9 Å². The normalized spacial score (nSPS) is 14.6. The van der Waals surface area contributed by atoms with E-state index in [0.717, 1.165) is 35.7 Å². The highest BCUT2D eigenvalue weighted by atomic mass is 32.2. The van der Waals surface area contributed by atoms with Gasteiger partial charge in [-0.25, -0.2) is 0 Å². The Morgan fingerprint density at radius 1 is 1.17 bits per heavy atom. The molecule has 0 fully saturated rings. The lowest BCUT2D eigenvalue weighted by Gasteiger charge is -2.20. The molecule has 0 radical (unpaired) electrons. The molecule has 0 saturated carbocycles. The van der Waals surface area contributed by atoms with E-state index in [-0.39, 0.29) is 11.8 Å². The minimum atomic E-state index is -0.150. The lowest BCUT2D eigenvalue weighted by atomic mass is 10.1. The van der Waals surface area contributed by atoms with Crippen LogP contribution in [0.3, 0.4) is 0 Å². The fourth-order valence-corrected chi connectivity index (χ4v) is 4.11. The molecule has 2 aromatic carbocycles. The Morgan fingerprint density at radius 3 is 2.69 bits per heavy atom. The SMILES string of the molecule is CCN(CC)CCNC(=O)c1ccc2c(c1)NC(=O)/C(=C\c1cccc(C)c1)S2. The van der Waals surface area contributed by atoms with Crippen LogP contribution in [0.4, 0.5) is 5.69 Å². The van der Waals surface area contributed by atoms with Crippen LogP contribution >= 0.6 is 11.8 Å². The summed E-state index contributed by atoms with van der Waals surface area (Å²) in [5.74, 6) is -0.275. The molecule has 2 aromatic rings. The van der Waals surface area contributed by atoms with Crippen LogP contribution in [-0.4, -0.2) is 42.9 Å². The average Bonchev–Trinajstić information content (AvgIpc) is 2.71. The zero-order valence-electron chi connectivity index (χ0n) is 17.1. The molecule has 2 amide bonds. The van der Waals surface area contributed by atoms with E-state index >= 15 is 0 Å². The topological polar surface area (TPSA) is 61.4 Å². The summed E-state index contributed by atoms with van der Waals surface area (Å²) in [7, 11) is 0. The number of thioether (sulfide) groups is 1. The highest BCUT2D eigenvalue weighted by Crippen LogP contribution is 2.39. The molecule has 152 valence electrons. The second-order valence-electron chi connectivity index (χ2n) is 6.97. The number of amides is 2. The molecule has 0 aliphatic carbocycles. The molecular weight excluding hydrogens is 382 g/mol. The van der Waals surface area contributed by atoms with Crippen LogP contribution in [0.1, 0.15) is 35.3 Å². The number of aryl methyl sites for hydroxylation is 1. The summed E-state index contributed by atoms with van der Waals surface area (Å²) in [6.45, 7) is 9.60. The summed E-state index contributed by atoms with van der Waals surface area (Å²) >= 11 is 1.42. The van der Waals surface area contributed by atoms with E-state index in [4.69, 9.17) is 0 Å². The minimum absolute atomic E-state index is 0.125. The van der Waals surface area contributed by atoms with Gasteiger partial charge < -0.3 is 15.5 Å². The van der Waals surface area contributed by atoms with Crippen molar-refractivity contribution in [1.82, 2.24) is 10.2 Å². The van der Waals surface area contributed by atoms with Gasteiger partial charge in [0.25, 0.3) is 11.8 Å². The zero-order chi connectivity index (χ0) is 20.8. The van der Waals surface area contributed by atoms with E-state index in [9.17, 15) is 9.59 Å². The number of nitrogens with one attached hydrogen (secondary N) is 2. The van der Waals surface area contributed by atoms with Gasteiger partial charge in [-0.15, -0.1) is 0 Å². The van der Waals surface area contributed by atoms with Gasteiger partial charge >= 0.3 is 0 Å². The van der Waals surface area contributed by atoms with Gasteiger partial charge in [0.2, 0.25) is 0 Å². The van der Waals surface area contributed by atoms with Gasteiger partial charge in [0.1, 0.15) is 0 Å². The van der Waals surface area contributed by atoms with Crippen molar-refractivity contribution in [2.45, 2.75) is 25.7 Å². The first-order valence-corrected chi connectivity index (χ1v) is 10.7. The first-order chi connectivity index (χ1) is 14.0. The van der Waals surface area contributed by atoms with E-state index in [1.54, 1.807) is 12.1 Å². The van der Waals surface area contributed by atoms with Crippen LogP contribution in [-0.2, 0) is 4.79 Å². The van der Waals surface area contributed by atoms with E-state index in [1.165, 1.54) is 11.8 Å². The smallest absolute Gasteiger partial charge is 0.262 e. The predicted octanol–water partition coefficient (Wildman–Crippen LogP) is 4.15. The summed E-state index contributed by atoms with van der Waals surface area (Å²) < 4.78 is 0.